The standard InChI is InChI=1S/C32H29ClF3N7/c1-4-20-13-21(29(34)30(35)22(20)15-37)23-17-42(32-27(23)19(3)43-12-8-9-25(43)40-32)16-18(2)38-24-14-26(39-31(36)28(24)33)41-10-6-5-7-11-41/h4,13-14,17H,1-3,5-12,16H2,(H,38,39). The molecular weight excluding hydrogens is 575 g/mol. The molecule has 0 saturated carbocycles. The van der Waals surface area contributed by atoms with E-state index in [9.17, 15) is 9.65 Å². The molecular formula is C32H29ClF3N7. The van der Waals surface area contributed by atoms with Crippen LogP contribution in [0.4, 0.5) is 30.5 Å². The van der Waals surface area contributed by atoms with E-state index in [2.05, 4.69) is 30.0 Å². The van der Waals surface area contributed by atoms with E-state index < -0.39 is 23.1 Å². The Bertz CT molecular complexity index is 1760. The summed E-state index contributed by atoms with van der Waals surface area (Å²) in [6.07, 6.45) is 7.76. The molecule has 0 unspecified atom stereocenters. The molecule has 0 atom stereocenters. The van der Waals surface area contributed by atoms with Crippen molar-refractivity contribution >= 4 is 46.5 Å². The number of aliphatic imine (C=N–C) groups is 1. The molecule has 0 bridgehead atoms. The number of amidine groups is 1. The molecule has 0 amide bonds. The number of halogens is 4. The zero-order valence-corrected chi connectivity index (χ0v) is 24.2. The minimum absolute atomic E-state index is 0.0376. The molecule has 0 spiro atoms. The van der Waals surface area contributed by atoms with E-state index in [1.165, 1.54) is 12.1 Å². The zero-order valence-electron chi connectivity index (χ0n) is 23.5. The Morgan fingerprint density at radius 1 is 1.09 bits per heavy atom. The van der Waals surface area contributed by atoms with Crippen LogP contribution in [0.1, 0.15) is 48.8 Å². The number of pyridine rings is 1. The number of allylic oxidation sites excluding steroid dienone is 1. The van der Waals surface area contributed by atoms with Crippen LogP contribution in [-0.2, 0) is 6.54 Å². The van der Waals surface area contributed by atoms with Gasteiger partial charge < -0.3 is 19.7 Å². The Balaban J connectivity index is 1.39. The van der Waals surface area contributed by atoms with Crippen LogP contribution in [0.5, 0.6) is 0 Å². The number of nitrogens with zero attached hydrogens (tertiary/aromatic N) is 6. The Labute approximate surface area is 252 Å². The van der Waals surface area contributed by atoms with E-state index in [1.54, 1.807) is 22.9 Å². The van der Waals surface area contributed by atoms with E-state index in [-0.39, 0.29) is 22.7 Å². The molecule has 2 fully saturated rings. The summed E-state index contributed by atoms with van der Waals surface area (Å²) < 4.78 is 47.1. The summed E-state index contributed by atoms with van der Waals surface area (Å²) in [5, 5.41) is 12.4. The molecule has 3 aliphatic heterocycles. The van der Waals surface area contributed by atoms with E-state index in [4.69, 9.17) is 16.6 Å². The average molecular weight is 604 g/mol. The smallest absolute Gasteiger partial charge is 0.235 e. The SMILES string of the molecule is C=Cc1cc(-c2cn(CC(=C)Nc3cc(N4CCCCC4)nc(F)c3Cl)c3c2C(=C)N2CCCC2=N3)c(F)c(F)c1C#N. The van der Waals surface area contributed by atoms with E-state index in [0.717, 1.165) is 51.0 Å². The number of anilines is 2. The summed E-state index contributed by atoms with van der Waals surface area (Å²) in [6.45, 7) is 14.5. The lowest BCUT2D eigenvalue weighted by Gasteiger charge is -2.28. The second-order valence-electron chi connectivity index (χ2n) is 10.8. The maximum absolute atomic E-state index is 15.5. The first-order valence-corrected chi connectivity index (χ1v) is 14.5. The van der Waals surface area contributed by atoms with Crippen molar-refractivity contribution in [3.8, 4) is 17.2 Å². The van der Waals surface area contributed by atoms with E-state index in [1.807, 2.05) is 9.80 Å². The Hall–Kier alpha value is -4.49. The summed E-state index contributed by atoms with van der Waals surface area (Å²) in [5.41, 5.74) is 2.06. The van der Waals surface area contributed by atoms with Crippen molar-refractivity contribution in [1.82, 2.24) is 14.5 Å². The van der Waals surface area contributed by atoms with Gasteiger partial charge in [0.25, 0.3) is 0 Å². The first kappa shape index (κ1) is 28.6. The molecule has 5 heterocycles. The van der Waals surface area contributed by atoms with Crippen molar-refractivity contribution in [2.24, 2.45) is 4.99 Å². The molecule has 0 aliphatic carbocycles. The molecule has 43 heavy (non-hydrogen) atoms. The van der Waals surface area contributed by atoms with Crippen molar-refractivity contribution in [3.05, 3.63) is 83.1 Å². The van der Waals surface area contributed by atoms with Crippen LogP contribution < -0.4 is 10.2 Å². The predicted molar refractivity (Wildman–Crippen MR) is 165 cm³/mol. The number of piperidine rings is 1. The fourth-order valence-corrected chi connectivity index (χ4v) is 6.16. The minimum atomic E-state index is -1.24. The van der Waals surface area contributed by atoms with Crippen molar-refractivity contribution in [2.75, 3.05) is 29.9 Å². The molecule has 0 radical (unpaired) electrons. The highest BCUT2D eigenvalue weighted by atomic mass is 35.5. The maximum atomic E-state index is 15.5. The molecule has 11 heteroatoms. The topological polar surface area (TPSA) is 72.5 Å². The largest absolute Gasteiger partial charge is 0.356 e. The molecule has 220 valence electrons. The summed E-state index contributed by atoms with van der Waals surface area (Å²) in [7, 11) is 0. The van der Waals surface area contributed by atoms with Crippen LogP contribution in [0.2, 0.25) is 5.02 Å². The van der Waals surface area contributed by atoms with Crippen LogP contribution in [0.25, 0.3) is 22.9 Å². The lowest BCUT2D eigenvalue weighted by atomic mass is 9.95. The van der Waals surface area contributed by atoms with E-state index >= 15 is 8.78 Å². The summed E-state index contributed by atoms with van der Waals surface area (Å²) in [4.78, 5) is 12.9. The lowest BCUT2D eigenvalue weighted by molar-refractivity contribution is 0.508. The van der Waals surface area contributed by atoms with Gasteiger partial charge in [-0.05, 0) is 37.3 Å². The van der Waals surface area contributed by atoms with Crippen LogP contribution in [0.3, 0.4) is 0 Å². The number of aromatic nitrogens is 2. The van der Waals surface area contributed by atoms with Crippen molar-refractivity contribution in [1.29, 1.82) is 5.26 Å². The molecule has 6 rings (SSSR count). The Kier molecular flexibility index (Phi) is 7.52. The third-order valence-corrected chi connectivity index (χ3v) is 8.47. The number of fused-ring (bicyclic) bond motifs is 2. The number of nitriles is 1. The monoisotopic (exact) mass is 603 g/mol. The molecule has 3 aliphatic rings. The van der Waals surface area contributed by atoms with Crippen molar-refractivity contribution in [2.45, 2.75) is 38.6 Å². The average Bonchev–Trinajstić information content (AvgIpc) is 3.62. The molecule has 7 nitrogen and oxygen atoms in total. The lowest BCUT2D eigenvalue weighted by Crippen LogP contribution is -2.30. The maximum Gasteiger partial charge on any atom is 0.235 e. The normalized spacial score (nSPS) is 16.0. The zero-order chi connectivity index (χ0) is 30.4. The van der Waals surface area contributed by atoms with Gasteiger partial charge in [-0.3, -0.25) is 0 Å². The molecule has 3 aromatic rings. The van der Waals surface area contributed by atoms with Gasteiger partial charge >= 0.3 is 0 Å². The van der Waals surface area contributed by atoms with E-state index in [0.29, 0.717) is 46.4 Å². The molecule has 1 N–H and O–H groups in total. The second kappa shape index (κ2) is 11.3. The fraction of sp³-hybridized carbons (Fsp3) is 0.281. The van der Waals surface area contributed by atoms with Crippen LogP contribution >= 0.6 is 11.6 Å². The Morgan fingerprint density at radius 2 is 1.86 bits per heavy atom. The summed E-state index contributed by atoms with van der Waals surface area (Å²) >= 11 is 6.30. The van der Waals surface area contributed by atoms with Crippen LogP contribution in [-0.4, -0.2) is 39.9 Å². The number of nitrogens with one attached hydrogen (secondary N) is 1. The molecule has 1 aromatic carbocycles. The first-order chi connectivity index (χ1) is 20.7. The highest BCUT2D eigenvalue weighted by Gasteiger charge is 2.34. The number of benzene rings is 1. The third kappa shape index (κ3) is 4.97. The van der Waals surface area contributed by atoms with Gasteiger partial charge in [-0.25, -0.2) is 18.8 Å². The predicted octanol–water partition coefficient (Wildman–Crippen LogP) is 7.86. The van der Waals surface area contributed by atoms with Crippen LogP contribution in [0, 0.1) is 28.9 Å². The highest BCUT2D eigenvalue weighted by Crippen LogP contribution is 2.45. The highest BCUT2D eigenvalue weighted by molar-refractivity contribution is 6.33. The number of hydrogen-bond donors (Lipinski definition) is 1. The van der Waals surface area contributed by atoms with Crippen molar-refractivity contribution in [3.63, 3.8) is 0 Å². The third-order valence-electron chi connectivity index (χ3n) is 8.11. The van der Waals surface area contributed by atoms with Crippen molar-refractivity contribution < 1.29 is 13.2 Å². The van der Waals surface area contributed by atoms with Gasteiger partial charge in [-0.15, -0.1) is 0 Å². The van der Waals surface area contributed by atoms with Gasteiger partial charge in [0.05, 0.1) is 23.4 Å². The van der Waals surface area contributed by atoms with Gasteiger partial charge in [0.2, 0.25) is 5.95 Å². The molecule has 2 saturated heterocycles. The minimum Gasteiger partial charge on any atom is -0.356 e. The quantitative estimate of drug-likeness (QED) is 0.278. The molecule has 2 aromatic heterocycles. The number of rotatable bonds is 7. The van der Waals surface area contributed by atoms with Gasteiger partial charge in [0, 0.05) is 60.8 Å². The van der Waals surface area contributed by atoms with Gasteiger partial charge in [0.1, 0.15) is 28.6 Å². The number of hydrogen-bond acceptors (Lipinski definition) is 6. The van der Waals surface area contributed by atoms with Gasteiger partial charge in [-0.2, -0.15) is 9.65 Å². The fourth-order valence-electron chi connectivity index (χ4n) is 6.01. The Morgan fingerprint density at radius 3 is 2.58 bits per heavy atom. The first-order valence-electron chi connectivity index (χ1n) is 14.1. The second-order valence-corrected chi connectivity index (χ2v) is 11.2. The summed E-state index contributed by atoms with van der Waals surface area (Å²) in [5.74, 6) is -1.31. The summed E-state index contributed by atoms with van der Waals surface area (Å²) in [6, 6.07) is 4.84. The van der Waals surface area contributed by atoms with Gasteiger partial charge in [0.15, 0.2) is 11.6 Å². The van der Waals surface area contributed by atoms with Gasteiger partial charge in [-0.1, -0.05) is 37.4 Å². The van der Waals surface area contributed by atoms with Crippen LogP contribution in [0.15, 0.2) is 48.8 Å².